The highest BCUT2D eigenvalue weighted by molar-refractivity contribution is 6.12. The van der Waals surface area contributed by atoms with E-state index in [4.69, 9.17) is 10.2 Å². The number of amides is 2. The molecule has 1 heterocycles. The molecule has 120 valence electrons. The molecule has 1 aromatic rings. The molecule has 0 aliphatic carbocycles. The number of aliphatic carboxylic acids is 2. The van der Waals surface area contributed by atoms with E-state index >= 15 is 0 Å². The van der Waals surface area contributed by atoms with Crippen LogP contribution in [-0.4, -0.2) is 34.0 Å². The summed E-state index contributed by atoms with van der Waals surface area (Å²) in [5.41, 5.74) is 1.17. The smallest absolute Gasteiger partial charge is 0.328 e. The zero-order chi connectivity index (χ0) is 17.7. The first-order valence-electron chi connectivity index (χ1n) is 6.19. The number of imide groups is 1. The number of carboxylic acid groups (broad SMARTS) is 2. The Balaban J connectivity index is 0.000000316. The second kappa shape index (κ2) is 11.2. The quantitative estimate of drug-likeness (QED) is 0.570. The first-order chi connectivity index (χ1) is 10.8. The second-order valence-corrected chi connectivity index (χ2v) is 3.81. The van der Waals surface area contributed by atoms with Crippen LogP contribution in [0.2, 0.25) is 0 Å². The summed E-state index contributed by atoms with van der Waals surface area (Å²) in [5.74, 6) is -3.17. The number of benzene rings is 1. The van der Waals surface area contributed by atoms with Gasteiger partial charge in [0.2, 0.25) is 0 Å². The van der Waals surface area contributed by atoms with Crippen LogP contribution in [0.15, 0.2) is 61.2 Å². The van der Waals surface area contributed by atoms with E-state index < -0.39 is 11.9 Å². The summed E-state index contributed by atoms with van der Waals surface area (Å²) in [6.07, 6.45) is 5.34. The molecule has 1 aliphatic rings. The van der Waals surface area contributed by atoms with Gasteiger partial charge in [0, 0.05) is 24.3 Å². The fourth-order valence-electron chi connectivity index (χ4n) is 1.09. The molecule has 1 aromatic carbocycles. The van der Waals surface area contributed by atoms with Crippen molar-refractivity contribution in [2.45, 2.75) is 0 Å². The van der Waals surface area contributed by atoms with Crippen molar-refractivity contribution in [1.82, 2.24) is 5.32 Å². The third-order valence-corrected chi connectivity index (χ3v) is 2.04. The molecule has 0 radical (unpaired) electrons. The molecule has 7 heteroatoms. The van der Waals surface area contributed by atoms with Crippen LogP contribution in [0, 0.1) is 0 Å². The van der Waals surface area contributed by atoms with E-state index in [1.165, 1.54) is 17.7 Å². The lowest BCUT2D eigenvalue weighted by molar-refractivity contribution is -0.134. The summed E-state index contributed by atoms with van der Waals surface area (Å²) in [4.78, 5) is 39.2. The van der Waals surface area contributed by atoms with Gasteiger partial charge in [0.1, 0.15) is 0 Å². The highest BCUT2D eigenvalue weighted by atomic mass is 16.4. The lowest BCUT2D eigenvalue weighted by Gasteiger charge is -1.85. The highest BCUT2D eigenvalue weighted by Crippen LogP contribution is 1.97. The summed E-state index contributed by atoms with van der Waals surface area (Å²) in [6, 6.07) is 10.0. The van der Waals surface area contributed by atoms with Gasteiger partial charge in [-0.1, -0.05) is 43.0 Å². The number of hydrogen-bond acceptors (Lipinski definition) is 4. The average molecular weight is 317 g/mol. The first kappa shape index (κ1) is 19.5. The molecule has 0 fully saturated rings. The fraction of sp³-hybridized carbons (Fsp3) is 0. The Morgan fingerprint density at radius 2 is 1.35 bits per heavy atom. The van der Waals surface area contributed by atoms with Crippen molar-refractivity contribution in [2.75, 3.05) is 0 Å². The Kier molecular flexibility index (Phi) is 9.51. The number of carboxylic acids is 2. The molecule has 2 amide bonds. The molecule has 0 bridgehead atoms. The van der Waals surface area contributed by atoms with Gasteiger partial charge in [0.05, 0.1) is 0 Å². The van der Waals surface area contributed by atoms with Crippen LogP contribution in [0.5, 0.6) is 0 Å². The van der Waals surface area contributed by atoms with E-state index in [2.05, 4.69) is 6.58 Å². The topological polar surface area (TPSA) is 121 Å². The van der Waals surface area contributed by atoms with Crippen LogP contribution in [0.3, 0.4) is 0 Å². The minimum absolute atomic E-state index is 0.329. The average Bonchev–Trinajstić information content (AvgIpc) is 2.90. The number of carbonyl (C=O) groups excluding carboxylic acids is 2. The Labute approximate surface area is 132 Å². The predicted octanol–water partition coefficient (Wildman–Crippen LogP) is 1.24. The van der Waals surface area contributed by atoms with E-state index in [1.807, 2.05) is 41.7 Å². The van der Waals surface area contributed by atoms with Gasteiger partial charge < -0.3 is 10.2 Å². The fourth-order valence-corrected chi connectivity index (χ4v) is 1.09. The Hall–Kier alpha value is -3.48. The van der Waals surface area contributed by atoms with Gasteiger partial charge in [-0.15, -0.1) is 0 Å². The van der Waals surface area contributed by atoms with Crippen LogP contribution in [0.1, 0.15) is 5.56 Å². The van der Waals surface area contributed by atoms with Gasteiger partial charge >= 0.3 is 11.9 Å². The molecule has 7 nitrogen and oxygen atoms in total. The summed E-state index contributed by atoms with van der Waals surface area (Å²) >= 11 is 0. The highest BCUT2D eigenvalue weighted by Gasteiger charge is 2.06. The van der Waals surface area contributed by atoms with Gasteiger partial charge in [0.25, 0.3) is 11.8 Å². The van der Waals surface area contributed by atoms with E-state index in [1.54, 1.807) is 0 Å². The van der Waals surface area contributed by atoms with Crippen molar-refractivity contribution in [3.8, 4) is 0 Å². The van der Waals surface area contributed by atoms with Crippen LogP contribution in [0.4, 0.5) is 0 Å². The van der Waals surface area contributed by atoms with Crippen molar-refractivity contribution in [3.63, 3.8) is 0 Å². The van der Waals surface area contributed by atoms with Crippen LogP contribution in [0.25, 0.3) is 6.08 Å². The van der Waals surface area contributed by atoms with Gasteiger partial charge in [0.15, 0.2) is 0 Å². The lowest BCUT2D eigenvalue weighted by atomic mass is 10.2. The van der Waals surface area contributed by atoms with Crippen molar-refractivity contribution >= 4 is 29.8 Å². The molecule has 0 spiro atoms. The Morgan fingerprint density at radius 3 is 1.57 bits per heavy atom. The predicted molar refractivity (Wildman–Crippen MR) is 83.2 cm³/mol. The van der Waals surface area contributed by atoms with E-state index in [-0.39, 0.29) is 11.8 Å². The van der Waals surface area contributed by atoms with Gasteiger partial charge in [-0.3, -0.25) is 14.9 Å². The molecular formula is C16H15NO6. The van der Waals surface area contributed by atoms with E-state index in [9.17, 15) is 19.2 Å². The van der Waals surface area contributed by atoms with Crippen LogP contribution < -0.4 is 5.32 Å². The molecule has 3 N–H and O–H groups in total. The van der Waals surface area contributed by atoms with Crippen molar-refractivity contribution in [1.29, 1.82) is 0 Å². The summed E-state index contributed by atoms with van der Waals surface area (Å²) < 4.78 is 0. The monoisotopic (exact) mass is 317 g/mol. The largest absolute Gasteiger partial charge is 0.478 e. The number of rotatable bonds is 3. The minimum atomic E-state index is -1.26. The maximum atomic E-state index is 10.0. The normalized spacial score (nSPS) is 11.7. The molecule has 0 saturated heterocycles. The molecular weight excluding hydrogens is 302 g/mol. The SMILES string of the molecule is C=Cc1ccccc1.O=C(O)/C=C\C(=O)O.O=C1C=CC(=O)N1. The van der Waals surface area contributed by atoms with Crippen LogP contribution in [-0.2, 0) is 19.2 Å². The van der Waals surface area contributed by atoms with Gasteiger partial charge in [-0.25, -0.2) is 9.59 Å². The summed E-state index contributed by atoms with van der Waals surface area (Å²) in [5, 5.41) is 17.7. The molecule has 0 atom stereocenters. The third-order valence-electron chi connectivity index (χ3n) is 2.04. The van der Waals surface area contributed by atoms with Crippen molar-refractivity contribution in [2.24, 2.45) is 0 Å². The third kappa shape index (κ3) is 12.0. The second-order valence-electron chi connectivity index (χ2n) is 3.81. The van der Waals surface area contributed by atoms with Gasteiger partial charge in [-0.05, 0) is 5.56 Å². The molecule has 0 unspecified atom stereocenters. The molecule has 2 rings (SSSR count). The Bertz CT molecular complexity index is 599. The number of nitrogens with one attached hydrogen (secondary N) is 1. The minimum Gasteiger partial charge on any atom is -0.478 e. The van der Waals surface area contributed by atoms with E-state index in [0.717, 1.165) is 0 Å². The standard InChI is InChI=1S/C8H8.C4H3NO2.C4H4O4/c1-2-8-6-4-3-5-7-8;6-3-1-2-4(7)5-3;5-3(6)1-2-4(7)8/h2-7H,1H2;1-2H,(H,5,6,7);1-2H,(H,5,6)(H,7,8)/b;;2-1-. The number of hydrogen-bond donors (Lipinski definition) is 3. The lowest BCUT2D eigenvalue weighted by Crippen LogP contribution is -2.19. The molecule has 23 heavy (non-hydrogen) atoms. The maximum Gasteiger partial charge on any atom is 0.328 e. The first-order valence-corrected chi connectivity index (χ1v) is 6.19. The zero-order valence-corrected chi connectivity index (χ0v) is 12.0. The summed E-state index contributed by atoms with van der Waals surface area (Å²) in [7, 11) is 0. The molecule has 1 aliphatic heterocycles. The van der Waals surface area contributed by atoms with Crippen LogP contribution >= 0.6 is 0 Å². The molecule has 0 aromatic heterocycles. The Morgan fingerprint density at radius 1 is 0.913 bits per heavy atom. The summed E-state index contributed by atoms with van der Waals surface area (Å²) in [6.45, 7) is 3.63. The molecule has 0 saturated carbocycles. The van der Waals surface area contributed by atoms with Crippen molar-refractivity contribution in [3.05, 3.63) is 66.8 Å². The van der Waals surface area contributed by atoms with E-state index in [0.29, 0.717) is 12.2 Å². The number of carbonyl (C=O) groups is 4. The maximum absolute atomic E-state index is 10.0. The van der Waals surface area contributed by atoms with Crippen molar-refractivity contribution < 1.29 is 29.4 Å². The van der Waals surface area contributed by atoms with Gasteiger partial charge in [-0.2, -0.15) is 0 Å². The zero-order valence-electron chi connectivity index (χ0n) is 12.0.